The van der Waals surface area contributed by atoms with Crippen LogP contribution in [0, 0.1) is 0 Å². The van der Waals surface area contributed by atoms with Gasteiger partial charge < -0.3 is 4.55 Å². The second kappa shape index (κ2) is 3.54. The molecule has 0 aromatic carbocycles. The van der Waals surface area contributed by atoms with Crippen LogP contribution in [0.1, 0.15) is 0 Å². The van der Waals surface area contributed by atoms with Gasteiger partial charge in [0, 0.05) is 0 Å². The van der Waals surface area contributed by atoms with Gasteiger partial charge in [0.05, 0.1) is 0 Å². The van der Waals surface area contributed by atoms with Crippen molar-refractivity contribution in [3.63, 3.8) is 0 Å². The van der Waals surface area contributed by atoms with Crippen molar-refractivity contribution in [1.29, 1.82) is 0 Å². The van der Waals surface area contributed by atoms with Crippen LogP contribution in [0.3, 0.4) is 0 Å². The van der Waals surface area contributed by atoms with E-state index in [1.165, 1.54) is 0 Å². The Morgan fingerprint density at radius 3 is 1.50 bits per heavy atom. The predicted octanol–water partition coefficient (Wildman–Crippen LogP) is -0.991. The predicted molar refractivity (Wildman–Crippen MR) is 29.7 cm³/mol. The molecule has 0 bridgehead atoms. The number of hydrogen-bond acceptors (Lipinski definition) is 3. The highest BCUT2D eigenvalue weighted by Gasteiger charge is 2.22. The molecular weight excluding hydrogens is 176 g/mol. The summed E-state index contributed by atoms with van der Waals surface area (Å²) in [7, 11) is -8.00. The zero-order chi connectivity index (χ0) is 6.73. The van der Waals surface area contributed by atoms with Gasteiger partial charge in [-0.2, -0.15) is 8.42 Å². The molecule has 0 radical (unpaired) electrons. The Morgan fingerprint density at radius 2 is 1.50 bits per heavy atom. The lowest BCUT2D eigenvalue weighted by Crippen LogP contribution is -2.12. The minimum Gasteiger partial charge on any atom is -0.586 e. The van der Waals surface area contributed by atoms with E-state index in [-0.39, 0.29) is 0 Å². The SMILES string of the molecule is O=S(O)[S+]([O-])S(=O)O. The Morgan fingerprint density at radius 1 is 1.25 bits per heavy atom. The first kappa shape index (κ1) is 8.53. The van der Waals surface area contributed by atoms with Crippen molar-refractivity contribution in [3.05, 3.63) is 0 Å². The standard InChI is InChI=1S/H2O5S3/c1-6(2)8(5)7(3)4/h(H,1,2)(H,3,4). The van der Waals surface area contributed by atoms with Gasteiger partial charge in [0.25, 0.3) is 0 Å². The summed E-state index contributed by atoms with van der Waals surface area (Å²) >= 11 is 0. The van der Waals surface area contributed by atoms with Crippen LogP contribution in [0.5, 0.6) is 0 Å². The molecule has 2 N–H and O–H groups in total. The maximum absolute atomic E-state index is 9.85. The van der Waals surface area contributed by atoms with E-state index in [1.54, 1.807) is 0 Å². The molecule has 0 amide bonds. The van der Waals surface area contributed by atoms with Gasteiger partial charge in [0.15, 0.2) is 0 Å². The molecule has 2 unspecified atom stereocenters. The van der Waals surface area contributed by atoms with Crippen molar-refractivity contribution < 1.29 is 22.1 Å². The first-order valence-corrected chi connectivity index (χ1v) is 5.60. The van der Waals surface area contributed by atoms with Crippen molar-refractivity contribution in [2.75, 3.05) is 0 Å². The zero-order valence-electron chi connectivity index (χ0n) is 3.34. The number of rotatable bonds is 2. The van der Waals surface area contributed by atoms with Crippen LogP contribution in [0.25, 0.3) is 0 Å². The lowest BCUT2D eigenvalue weighted by Gasteiger charge is -1.93. The first-order valence-electron chi connectivity index (χ1n) is 1.20. The summed E-state index contributed by atoms with van der Waals surface area (Å²) < 4.78 is 44.7. The lowest BCUT2D eigenvalue weighted by atomic mass is 15.9. The van der Waals surface area contributed by atoms with Gasteiger partial charge in [-0.05, 0) is 0 Å². The fraction of sp³-hybridized carbons (Fsp3) is 0. The Kier molecular flexibility index (Phi) is 3.77. The highest BCUT2D eigenvalue weighted by molar-refractivity contribution is 8.93. The molecule has 0 heterocycles. The molecule has 0 saturated carbocycles. The largest absolute Gasteiger partial charge is 0.586 e. The molecule has 0 aromatic rings. The van der Waals surface area contributed by atoms with Gasteiger partial charge in [-0.25, -0.2) is 0 Å². The third-order valence-corrected chi connectivity index (χ3v) is 4.19. The van der Waals surface area contributed by atoms with Crippen LogP contribution in [0.4, 0.5) is 0 Å². The van der Waals surface area contributed by atoms with E-state index in [9.17, 15) is 13.0 Å². The van der Waals surface area contributed by atoms with Crippen LogP contribution in [-0.4, -0.2) is 22.1 Å². The Labute approximate surface area is 52.0 Å². The molecular formula is H2O5S3. The summed E-state index contributed by atoms with van der Waals surface area (Å²) in [6.45, 7) is 0. The summed E-state index contributed by atoms with van der Waals surface area (Å²) in [6.07, 6.45) is 0. The van der Waals surface area contributed by atoms with Gasteiger partial charge in [-0.15, -0.1) is 0 Å². The van der Waals surface area contributed by atoms with Crippen LogP contribution >= 0.6 is 0 Å². The lowest BCUT2D eigenvalue weighted by molar-refractivity contribution is 0.555. The van der Waals surface area contributed by atoms with Crippen LogP contribution in [0.2, 0.25) is 0 Å². The van der Waals surface area contributed by atoms with E-state index in [2.05, 4.69) is 0 Å². The second-order valence-electron chi connectivity index (χ2n) is 0.638. The second-order valence-corrected chi connectivity index (χ2v) is 6.08. The van der Waals surface area contributed by atoms with Crippen LogP contribution in [0.15, 0.2) is 0 Å². The molecule has 0 spiro atoms. The molecule has 0 aromatic heterocycles. The maximum Gasteiger partial charge on any atom is 0.387 e. The highest BCUT2D eigenvalue weighted by atomic mass is 33.6. The molecule has 0 aliphatic carbocycles. The topological polar surface area (TPSA) is 97.7 Å². The van der Waals surface area contributed by atoms with Gasteiger partial charge in [-0.1, -0.05) is 0 Å². The van der Waals surface area contributed by atoms with Crippen molar-refractivity contribution >= 4 is 29.5 Å². The smallest absolute Gasteiger partial charge is 0.387 e. The van der Waals surface area contributed by atoms with Gasteiger partial charge in [0.1, 0.15) is 0 Å². The van der Waals surface area contributed by atoms with E-state index in [1.807, 2.05) is 0 Å². The van der Waals surface area contributed by atoms with Gasteiger partial charge in [0.2, 0.25) is 9.24 Å². The quantitative estimate of drug-likeness (QED) is 0.321. The molecule has 0 fully saturated rings. The molecule has 8 heteroatoms. The third kappa shape index (κ3) is 2.74. The zero-order valence-corrected chi connectivity index (χ0v) is 5.79. The maximum atomic E-state index is 9.85. The third-order valence-electron chi connectivity index (χ3n) is 0.233. The van der Waals surface area contributed by atoms with E-state index in [0.717, 1.165) is 0 Å². The molecule has 8 heavy (non-hydrogen) atoms. The summed E-state index contributed by atoms with van der Waals surface area (Å²) in [6, 6.07) is 0. The fourth-order valence-corrected chi connectivity index (χ4v) is 1.34. The monoisotopic (exact) mass is 178 g/mol. The van der Waals surface area contributed by atoms with Crippen molar-refractivity contribution in [3.8, 4) is 0 Å². The summed E-state index contributed by atoms with van der Waals surface area (Å²) in [5, 5.41) is 0. The average molecular weight is 178 g/mol. The van der Waals surface area contributed by atoms with E-state index in [4.69, 9.17) is 9.11 Å². The van der Waals surface area contributed by atoms with Crippen molar-refractivity contribution in [1.82, 2.24) is 0 Å². The molecule has 2 atom stereocenters. The Hall–Kier alpha value is 0.530. The molecule has 0 saturated heterocycles. The van der Waals surface area contributed by atoms with Crippen LogP contribution < -0.4 is 0 Å². The fourth-order valence-electron chi connectivity index (χ4n) is 0.0498. The van der Waals surface area contributed by atoms with Gasteiger partial charge in [-0.3, -0.25) is 9.11 Å². The van der Waals surface area contributed by atoms with Crippen molar-refractivity contribution in [2.45, 2.75) is 0 Å². The summed E-state index contributed by atoms with van der Waals surface area (Å²) in [5.74, 6) is 0. The average Bonchev–Trinajstić information content (AvgIpc) is 1.64. The normalized spacial score (nSPS) is 21.9. The van der Waals surface area contributed by atoms with E-state index >= 15 is 0 Å². The minimum absolute atomic E-state index is 2.57. The minimum atomic E-state index is -2.72. The van der Waals surface area contributed by atoms with Crippen molar-refractivity contribution in [2.24, 2.45) is 0 Å². The molecule has 5 nitrogen and oxygen atoms in total. The Balaban J connectivity index is 3.83. The molecule has 0 aliphatic heterocycles. The van der Waals surface area contributed by atoms with E-state index < -0.39 is 29.5 Å². The molecule has 0 rings (SSSR count). The summed E-state index contributed by atoms with van der Waals surface area (Å²) in [4.78, 5) is 0. The van der Waals surface area contributed by atoms with Crippen LogP contribution in [-0.2, 0) is 29.5 Å². The Bertz CT molecular complexity index is 103. The van der Waals surface area contributed by atoms with E-state index in [0.29, 0.717) is 0 Å². The van der Waals surface area contributed by atoms with Gasteiger partial charge >= 0.3 is 20.2 Å². The number of hydrogen-bond donors (Lipinski definition) is 2. The highest BCUT2D eigenvalue weighted by Crippen LogP contribution is 1.97. The molecule has 50 valence electrons. The summed E-state index contributed by atoms with van der Waals surface area (Å²) in [5.41, 5.74) is 0. The first-order chi connectivity index (χ1) is 3.55. The molecule has 0 aliphatic rings.